The highest BCUT2D eigenvalue weighted by atomic mass is 79.9. The van der Waals surface area contributed by atoms with Gasteiger partial charge in [-0.05, 0) is 17.7 Å². The average Bonchev–Trinajstić information content (AvgIpc) is 2.41. The largest absolute Gasteiger partial charge is 0.375 e. The molecule has 0 aliphatic heterocycles. The van der Waals surface area contributed by atoms with Crippen molar-refractivity contribution in [2.45, 2.75) is 6.54 Å². The Morgan fingerprint density at radius 3 is 2.70 bits per heavy atom. The van der Waals surface area contributed by atoms with Crippen molar-refractivity contribution in [3.8, 4) is 0 Å². The van der Waals surface area contributed by atoms with Crippen LogP contribution in [0.15, 0.2) is 40.9 Å². The van der Waals surface area contributed by atoms with E-state index in [9.17, 15) is 14.5 Å². The number of halogens is 3. The smallest absolute Gasteiger partial charge is 0.295 e. The van der Waals surface area contributed by atoms with Crippen LogP contribution in [-0.2, 0) is 6.54 Å². The first-order valence-corrected chi connectivity index (χ1v) is 6.77. The summed E-state index contributed by atoms with van der Waals surface area (Å²) in [5.41, 5.74) is 0.748. The van der Waals surface area contributed by atoms with Crippen molar-refractivity contribution < 1.29 is 9.31 Å². The molecule has 2 rings (SSSR count). The fourth-order valence-electron chi connectivity index (χ4n) is 1.66. The van der Waals surface area contributed by atoms with E-state index in [1.807, 2.05) is 24.3 Å². The van der Waals surface area contributed by atoms with Gasteiger partial charge in [0.1, 0.15) is 11.5 Å². The van der Waals surface area contributed by atoms with E-state index >= 15 is 0 Å². The Kier molecular flexibility index (Phi) is 4.57. The monoisotopic (exact) mass is 358 g/mol. The number of rotatable bonds is 4. The summed E-state index contributed by atoms with van der Waals surface area (Å²) >= 11 is 9.04. The molecule has 0 amide bonds. The lowest BCUT2D eigenvalue weighted by atomic mass is 10.2. The number of benzene rings is 2. The second-order valence-corrected chi connectivity index (χ2v) is 5.25. The quantitative estimate of drug-likeness (QED) is 0.632. The lowest BCUT2D eigenvalue weighted by molar-refractivity contribution is -0.384. The molecule has 20 heavy (non-hydrogen) atoms. The maximum absolute atomic E-state index is 13.3. The van der Waals surface area contributed by atoms with Gasteiger partial charge in [-0.15, -0.1) is 0 Å². The first-order valence-electron chi connectivity index (χ1n) is 5.59. The molecule has 1 N–H and O–H groups in total. The summed E-state index contributed by atoms with van der Waals surface area (Å²) in [6, 6.07) is 9.48. The Morgan fingerprint density at radius 1 is 1.35 bits per heavy atom. The zero-order valence-corrected chi connectivity index (χ0v) is 12.4. The second-order valence-electron chi connectivity index (χ2n) is 3.99. The van der Waals surface area contributed by atoms with E-state index in [-0.39, 0.29) is 16.4 Å². The van der Waals surface area contributed by atoms with Crippen LogP contribution in [0.1, 0.15) is 5.56 Å². The van der Waals surface area contributed by atoms with Crippen LogP contribution >= 0.6 is 27.5 Å². The molecule has 4 nitrogen and oxygen atoms in total. The van der Waals surface area contributed by atoms with E-state index in [1.165, 1.54) is 6.07 Å². The zero-order chi connectivity index (χ0) is 14.7. The van der Waals surface area contributed by atoms with Crippen molar-refractivity contribution in [2.75, 3.05) is 5.32 Å². The lowest BCUT2D eigenvalue weighted by Gasteiger charge is -2.09. The van der Waals surface area contributed by atoms with Crippen molar-refractivity contribution >= 4 is 38.9 Å². The zero-order valence-electron chi connectivity index (χ0n) is 10.1. The van der Waals surface area contributed by atoms with Gasteiger partial charge in [-0.25, -0.2) is 4.39 Å². The molecule has 2 aromatic rings. The molecule has 0 radical (unpaired) electrons. The predicted molar refractivity (Wildman–Crippen MR) is 79.5 cm³/mol. The van der Waals surface area contributed by atoms with Gasteiger partial charge in [0, 0.05) is 11.0 Å². The molecule has 0 unspecified atom stereocenters. The minimum Gasteiger partial charge on any atom is -0.375 e. The van der Waals surface area contributed by atoms with Gasteiger partial charge < -0.3 is 5.32 Å². The molecule has 0 heterocycles. The Morgan fingerprint density at radius 2 is 2.05 bits per heavy atom. The molecule has 0 spiro atoms. The van der Waals surface area contributed by atoms with E-state index in [0.717, 1.165) is 16.1 Å². The predicted octanol–water partition coefficient (Wildman–Crippen LogP) is 4.76. The number of nitrogens with zero attached hydrogens (tertiary/aromatic N) is 1. The molecular weight excluding hydrogens is 351 g/mol. The highest BCUT2D eigenvalue weighted by Crippen LogP contribution is 2.31. The van der Waals surface area contributed by atoms with Crippen LogP contribution in [0.3, 0.4) is 0 Å². The van der Waals surface area contributed by atoms with Crippen LogP contribution in [0, 0.1) is 15.9 Å². The molecular formula is C13H9BrClFN2O2. The summed E-state index contributed by atoms with van der Waals surface area (Å²) in [7, 11) is 0. The number of hydrogen-bond acceptors (Lipinski definition) is 3. The summed E-state index contributed by atoms with van der Waals surface area (Å²) in [5.74, 6) is -0.815. The molecule has 104 valence electrons. The highest BCUT2D eigenvalue weighted by molar-refractivity contribution is 9.10. The fraction of sp³-hybridized carbons (Fsp3) is 0.0769. The van der Waals surface area contributed by atoms with Gasteiger partial charge >= 0.3 is 0 Å². The van der Waals surface area contributed by atoms with Gasteiger partial charge in [-0.1, -0.05) is 45.7 Å². The van der Waals surface area contributed by atoms with Gasteiger partial charge in [0.2, 0.25) is 0 Å². The van der Waals surface area contributed by atoms with Crippen molar-refractivity contribution in [3.05, 3.63) is 67.4 Å². The Hall–Kier alpha value is -1.66. The number of nitrogens with one attached hydrogen (secondary N) is 1. The van der Waals surface area contributed by atoms with Crippen LogP contribution in [-0.4, -0.2) is 4.92 Å². The molecule has 0 aliphatic rings. The standard InChI is InChI=1S/C13H9BrClFN2O2/c14-9-4-2-1-3-8(9)7-17-12-5-10(15)11(16)6-13(12)18(19)20/h1-6,17H,7H2. The van der Waals surface area contributed by atoms with Crippen molar-refractivity contribution in [1.29, 1.82) is 0 Å². The number of hydrogen-bond donors (Lipinski definition) is 1. The Balaban J connectivity index is 2.27. The van der Waals surface area contributed by atoms with Crippen molar-refractivity contribution in [3.63, 3.8) is 0 Å². The molecule has 0 atom stereocenters. The summed E-state index contributed by atoms with van der Waals surface area (Å²) in [6.45, 7) is 0.351. The van der Waals surface area contributed by atoms with Gasteiger partial charge in [-0.3, -0.25) is 10.1 Å². The minimum absolute atomic E-state index is 0.162. The van der Waals surface area contributed by atoms with E-state index in [0.29, 0.717) is 6.54 Å². The normalized spacial score (nSPS) is 10.3. The second kappa shape index (κ2) is 6.19. The SMILES string of the molecule is O=[N+]([O-])c1cc(F)c(Cl)cc1NCc1ccccc1Br. The maximum Gasteiger partial charge on any atom is 0.295 e. The third-order valence-electron chi connectivity index (χ3n) is 2.66. The average molecular weight is 360 g/mol. The van der Waals surface area contributed by atoms with Crippen molar-refractivity contribution in [2.24, 2.45) is 0 Å². The molecule has 0 fully saturated rings. The Bertz CT molecular complexity index is 667. The van der Waals surface area contributed by atoms with E-state index in [2.05, 4.69) is 21.2 Å². The van der Waals surface area contributed by atoms with Gasteiger partial charge in [0.05, 0.1) is 16.0 Å². The van der Waals surface area contributed by atoms with Gasteiger partial charge in [-0.2, -0.15) is 0 Å². The summed E-state index contributed by atoms with van der Waals surface area (Å²) in [5, 5.41) is 13.6. The van der Waals surface area contributed by atoms with Gasteiger partial charge in [0.15, 0.2) is 0 Å². The summed E-state index contributed by atoms with van der Waals surface area (Å²) in [4.78, 5) is 10.3. The molecule has 0 aromatic heterocycles. The lowest BCUT2D eigenvalue weighted by Crippen LogP contribution is -2.04. The maximum atomic E-state index is 13.3. The van der Waals surface area contributed by atoms with Crippen molar-refractivity contribution in [1.82, 2.24) is 0 Å². The van der Waals surface area contributed by atoms with Gasteiger partial charge in [0.25, 0.3) is 5.69 Å². The van der Waals surface area contributed by atoms with E-state index < -0.39 is 10.7 Å². The van der Waals surface area contributed by atoms with Crippen LogP contribution in [0.5, 0.6) is 0 Å². The fourth-order valence-corrected chi connectivity index (χ4v) is 2.25. The van der Waals surface area contributed by atoms with E-state index in [1.54, 1.807) is 0 Å². The number of nitro benzene ring substituents is 1. The number of nitro groups is 1. The summed E-state index contributed by atoms with van der Waals surface area (Å²) < 4.78 is 14.2. The Labute approximate surface area is 127 Å². The third kappa shape index (κ3) is 3.26. The topological polar surface area (TPSA) is 55.2 Å². The summed E-state index contributed by atoms with van der Waals surface area (Å²) in [6.07, 6.45) is 0. The van der Waals surface area contributed by atoms with Crippen LogP contribution in [0.25, 0.3) is 0 Å². The molecule has 0 aliphatic carbocycles. The van der Waals surface area contributed by atoms with E-state index in [4.69, 9.17) is 11.6 Å². The minimum atomic E-state index is -0.815. The van der Waals surface area contributed by atoms with Crippen LogP contribution in [0.4, 0.5) is 15.8 Å². The molecule has 0 saturated heterocycles. The first kappa shape index (κ1) is 14.7. The molecule has 0 saturated carbocycles. The molecule has 7 heteroatoms. The molecule has 2 aromatic carbocycles. The molecule has 0 bridgehead atoms. The third-order valence-corrected chi connectivity index (χ3v) is 3.73. The van der Waals surface area contributed by atoms with Crippen LogP contribution < -0.4 is 5.32 Å². The first-order chi connectivity index (χ1) is 9.49. The van der Waals surface area contributed by atoms with Crippen LogP contribution in [0.2, 0.25) is 5.02 Å². The highest BCUT2D eigenvalue weighted by Gasteiger charge is 2.17. The number of anilines is 1.